The van der Waals surface area contributed by atoms with E-state index in [1.54, 1.807) is 30.3 Å². The molecule has 0 spiro atoms. The summed E-state index contributed by atoms with van der Waals surface area (Å²) < 4.78 is 36.0. The van der Waals surface area contributed by atoms with Gasteiger partial charge in [-0.3, -0.25) is 4.79 Å². The van der Waals surface area contributed by atoms with Gasteiger partial charge in [0.25, 0.3) is 15.6 Å². The summed E-state index contributed by atoms with van der Waals surface area (Å²) in [5, 5.41) is 18.3. The second-order valence-electron chi connectivity index (χ2n) is 8.05. The Bertz CT molecular complexity index is 1400. The van der Waals surface area contributed by atoms with E-state index in [9.17, 15) is 18.3 Å². The molecule has 2 aromatic carbocycles. The fourth-order valence-electron chi connectivity index (χ4n) is 3.47. The van der Waals surface area contributed by atoms with E-state index in [4.69, 9.17) is 4.74 Å². The number of rotatable bonds is 6. The van der Waals surface area contributed by atoms with Gasteiger partial charge in [-0.15, -0.1) is 4.40 Å². The van der Waals surface area contributed by atoms with E-state index in [0.717, 1.165) is 0 Å². The fourth-order valence-corrected chi connectivity index (χ4v) is 4.61. The Labute approximate surface area is 191 Å². The average Bonchev–Trinajstić information content (AvgIpc) is 2.78. The Morgan fingerprint density at radius 3 is 2.55 bits per heavy atom. The maximum atomic E-state index is 13.3. The maximum absolute atomic E-state index is 13.3. The van der Waals surface area contributed by atoms with Gasteiger partial charge < -0.3 is 15.2 Å². The smallest absolute Gasteiger partial charge is 0.286 e. The van der Waals surface area contributed by atoms with Crippen LogP contribution in [0.4, 0.5) is 5.69 Å². The normalized spacial score (nSPS) is 14.4. The number of hydrogen-bond donors (Lipinski definition) is 2. The maximum Gasteiger partial charge on any atom is 0.286 e. The van der Waals surface area contributed by atoms with Crippen LogP contribution in [-0.2, 0) is 16.6 Å². The van der Waals surface area contributed by atoms with Crippen molar-refractivity contribution < 1.29 is 18.3 Å². The number of ether oxygens (including phenoxy) is 1. The first kappa shape index (κ1) is 22.5. The largest absolute Gasteiger partial charge is 0.505 e. The highest BCUT2D eigenvalue weighted by Crippen LogP contribution is 2.34. The van der Waals surface area contributed by atoms with Crippen molar-refractivity contribution in [3.8, 4) is 22.8 Å². The lowest BCUT2D eigenvalue weighted by Gasteiger charge is -2.20. The predicted octanol–water partition coefficient (Wildman–Crippen LogP) is 3.23. The van der Waals surface area contributed by atoms with Crippen LogP contribution in [0.15, 0.2) is 62.6 Å². The van der Waals surface area contributed by atoms with E-state index in [0.29, 0.717) is 30.2 Å². The number of methoxy groups -OCH3 is 1. The first-order chi connectivity index (χ1) is 15.7. The summed E-state index contributed by atoms with van der Waals surface area (Å²) in [5.74, 6) is -0.0334. The molecule has 2 N–H and O–H groups in total. The summed E-state index contributed by atoms with van der Waals surface area (Å²) in [5.41, 5.74) is 0.0885. The molecule has 1 aromatic heterocycles. The van der Waals surface area contributed by atoms with Gasteiger partial charge in [-0.25, -0.2) is 4.68 Å². The fraction of sp³-hybridized carbons (Fsp3) is 0.261. The van der Waals surface area contributed by atoms with Crippen LogP contribution in [0.25, 0.3) is 11.3 Å². The van der Waals surface area contributed by atoms with Crippen LogP contribution in [0.3, 0.4) is 0 Å². The number of aromatic hydroxyl groups is 1. The third-order valence-corrected chi connectivity index (χ3v) is 6.58. The molecule has 2 heterocycles. The van der Waals surface area contributed by atoms with Crippen LogP contribution in [0.1, 0.15) is 25.8 Å². The van der Waals surface area contributed by atoms with Crippen molar-refractivity contribution in [3.05, 3.63) is 64.4 Å². The Hall–Kier alpha value is -3.66. The summed E-state index contributed by atoms with van der Waals surface area (Å²) in [6.07, 6.45) is 0.673. The number of hydrogen-bond acceptors (Lipinski definition) is 7. The molecule has 4 rings (SSSR count). The SMILES string of the molecule is COc1ccc2c(c1)S(=O)(=O)N=C(c1c(O)c(-c3ccccc3)nn(CCC(C)C)c1=O)N2. The molecule has 0 bridgehead atoms. The van der Waals surface area contributed by atoms with Gasteiger partial charge in [0, 0.05) is 18.2 Å². The average molecular weight is 469 g/mol. The number of aromatic nitrogens is 2. The van der Waals surface area contributed by atoms with Crippen LogP contribution in [-0.4, -0.2) is 36.3 Å². The standard InChI is InChI=1S/C23H24N4O5S/c1-14(2)11-12-27-23(29)19(21(28)20(25-27)15-7-5-4-6-8-15)22-24-17-10-9-16(32-3)13-18(17)33(30,31)26-22/h4-10,13-14,28H,11-12H2,1-3H3,(H,24,26). The second-order valence-corrected chi connectivity index (χ2v) is 9.62. The number of fused-ring (bicyclic) bond motifs is 1. The van der Waals surface area contributed by atoms with Gasteiger partial charge in [-0.05, 0) is 24.5 Å². The monoisotopic (exact) mass is 468 g/mol. The van der Waals surface area contributed by atoms with Crippen molar-refractivity contribution in [2.24, 2.45) is 10.3 Å². The Balaban J connectivity index is 1.92. The number of sulfonamides is 1. The molecular weight excluding hydrogens is 444 g/mol. The molecule has 0 amide bonds. The third kappa shape index (κ3) is 4.34. The number of aryl methyl sites for hydroxylation is 1. The highest BCUT2D eigenvalue weighted by molar-refractivity contribution is 7.90. The van der Waals surface area contributed by atoms with Gasteiger partial charge in [0.15, 0.2) is 11.6 Å². The van der Waals surface area contributed by atoms with Gasteiger partial charge in [-0.2, -0.15) is 13.5 Å². The molecule has 1 aliphatic rings. The van der Waals surface area contributed by atoms with Crippen LogP contribution < -0.4 is 15.6 Å². The minimum atomic E-state index is -4.16. The topological polar surface area (TPSA) is 123 Å². The molecule has 0 radical (unpaired) electrons. The van der Waals surface area contributed by atoms with E-state index >= 15 is 0 Å². The lowest BCUT2D eigenvalue weighted by atomic mass is 10.1. The summed E-state index contributed by atoms with van der Waals surface area (Å²) in [7, 11) is -2.73. The molecular formula is C23H24N4O5S. The number of anilines is 1. The molecule has 0 saturated heterocycles. The van der Waals surface area contributed by atoms with E-state index in [1.807, 2.05) is 19.9 Å². The van der Waals surface area contributed by atoms with Gasteiger partial charge in [-0.1, -0.05) is 44.2 Å². The minimum Gasteiger partial charge on any atom is -0.505 e. The zero-order valence-electron chi connectivity index (χ0n) is 18.4. The molecule has 10 heteroatoms. The van der Waals surface area contributed by atoms with E-state index in [1.165, 1.54) is 23.9 Å². The van der Waals surface area contributed by atoms with E-state index in [2.05, 4.69) is 14.8 Å². The third-order valence-electron chi connectivity index (χ3n) is 5.26. The summed E-state index contributed by atoms with van der Waals surface area (Å²) in [6.45, 7) is 4.35. The molecule has 0 atom stereocenters. The minimum absolute atomic E-state index is 0.0810. The summed E-state index contributed by atoms with van der Waals surface area (Å²) in [6, 6.07) is 13.3. The van der Waals surface area contributed by atoms with Crippen molar-refractivity contribution in [2.75, 3.05) is 12.4 Å². The molecule has 0 aliphatic carbocycles. The van der Waals surface area contributed by atoms with Crippen molar-refractivity contribution in [1.82, 2.24) is 9.78 Å². The number of benzene rings is 2. The Kier molecular flexibility index (Phi) is 5.94. The number of amidine groups is 1. The van der Waals surface area contributed by atoms with Crippen molar-refractivity contribution in [1.29, 1.82) is 0 Å². The van der Waals surface area contributed by atoms with Crippen molar-refractivity contribution in [3.63, 3.8) is 0 Å². The first-order valence-corrected chi connectivity index (χ1v) is 11.8. The highest BCUT2D eigenvalue weighted by Gasteiger charge is 2.31. The molecule has 0 unspecified atom stereocenters. The Morgan fingerprint density at radius 2 is 1.88 bits per heavy atom. The number of nitrogens with one attached hydrogen (secondary N) is 1. The molecule has 172 valence electrons. The van der Waals surface area contributed by atoms with Gasteiger partial charge >= 0.3 is 0 Å². The molecule has 9 nitrogen and oxygen atoms in total. The predicted molar refractivity (Wildman–Crippen MR) is 125 cm³/mol. The van der Waals surface area contributed by atoms with E-state index in [-0.39, 0.29) is 27.7 Å². The zero-order valence-corrected chi connectivity index (χ0v) is 19.3. The van der Waals surface area contributed by atoms with Gasteiger partial charge in [0.05, 0.1) is 12.8 Å². The molecule has 0 saturated carbocycles. The molecule has 33 heavy (non-hydrogen) atoms. The molecule has 3 aromatic rings. The molecule has 1 aliphatic heterocycles. The quantitative estimate of drug-likeness (QED) is 0.569. The van der Waals surface area contributed by atoms with Crippen molar-refractivity contribution >= 4 is 21.5 Å². The summed E-state index contributed by atoms with van der Waals surface area (Å²) in [4.78, 5) is 13.2. The van der Waals surface area contributed by atoms with Crippen LogP contribution >= 0.6 is 0 Å². The lowest BCUT2D eigenvalue weighted by Crippen LogP contribution is -2.34. The zero-order chi connectivity index (χ0) is 23.8. The van der Waals surface area contributed by atoms with Crippen LogP contribution in [0, 0.1) is 5.92 Å². The van der Waals surface area contributed by atoms with Crippen LogP contribution in [0.2, 0.25) is 0 Å². The number of nitrogens with zero attached hydrogens (tertiary/aromatic N) is 3. The second kappa shape index (κ2) is 8.70. The van der Waals surface area contributed by atoms with Gasteiger partial charge in [0.2, 0.25) is 0 Å². The van der Waals surface area contributed by atoms with Gasteiger partial charge in [0.1, 0.15) is 21.9 Å². The Morgan fingerprint density at radius 1 is 1.15 bits per heavy atom. The van der Waals surface area contributed by atoms with Crippen LogP contribution in [0.5, 0.6) is 11.5 Å². The van der Waals surface area contributed by atoms with Crippen molar-refractivity contribution in [2.45, 2.75) is 31.7 Å². The lowest BCUT2D eigenvalue weighted by molar-refractivity contribution is 0.413. The summed E-state index contributed by atoms with van der Waals surface area (Å²) >= 11 is 0. The molecule has 0 fully saturated rings. The first-order valence-electron chi connectivity index (χ1n) is 10.4. The van der Waals surface area contributed by atoms with E-state index < -0.39 is 21.3 Å². The highest BCUT2D eigenvalue weighted by atomic mass is 32.2.